The molecule has 2 aromatic carbocycles. The molecule has 7 heteroatoms. The summed E-state index contributed by atoms with van der Waals surface area (Å²) in [6.45, 7) is 0.228. The van der Waals surface area contributed by atoms with Gasteiger partial charge in [-0.25, -0.2) is 0 Å². The Bertz CT molecular complexity index is 686. The molecule has 21 heavy (non-hydrogen) atoms. The number of amides is 1. The van der Waals surface area contributed by atoms with Gasteiger partial charge in [-0.3, -0.25) is 14.9 Å². The van der Waals surface area contributed by atoms with Crippen molar-refractivity contribution >= 4 is 27.5 Å². The lowest BCUT2D eigenvalue weighted by Crippen LogP contribution is -2.13. The molecule has 0 saturated heterocycles. The van der Waals surface area contributed by atoms with Gasteiger partial charge in [-0.05, 0) is 23.8 Å². The lowest BCUT2D eigenvalue weighted by Gasteiger charge is -2.09. The summed E-state index contributed by atoms with van der Waals surface area (Å²) >= 11 is 3.33. The van der Waals surface area contributed by atoms with Gasteiger partial charge in [-0.15, -0.1) is 0 Å². The van der Waals surface area contributed by atoms with Crippen LogP contribution in [-0.2, 0) is 6.61 Å². The molecular formula is C14H11BrN2O4. The number of hydrogen-bond donors (Lipinski definition) is 1. The van der Waals surface area contributed by atoms with Crippen molar-refractivity contribution in [1.29, 1.82) is 0 Å². The fourth-order valence-corrected chi connectivity index (χ4v) is 1.96. The molecule has 0 spiro atoms. The molecule has 108 valence electrons. The van der Waals surface area contributed by atoms with E-state index in [1.165, 1.54) is 12.1 Å². The molecule has 6 nitrogen and oxygen atoms in total. The molecule has 2 N–H and O–H groups in total. The third kappa shape index (κ3) is 3.79. The molecule has 0 atom stereocenters. The molecule has 0 aliphatic heterocycles. The Balaban J connectivity index is 2.21. The molecular weight excluding hydrogens is 340 g/mol. The van der Waals surface area contributed by atoms with Gasteiger partial charge in [-0.2, -0.15) is 0 Å². The zero-order valence-electron chi connectivity index (χ0n) is 10.8. The van der Waals surface area contributed by atoms with Gasteiger partial charge in [0.25, 0.3) is 11.6 Å². The Hall–Kier alpha value is -2.41. The van der Waals surface area contributed by atoms with Crippen LogP contribution < -0.4 is 10.5 Å². The molecule has 0 unspecified atom stereocenters. The molecule has 0 fully saturated rings. The second kappa shape index (κ2) is 6.36. The van der Waals surface area contributed by atoms with Gasteiger partial charge < -0.3 is 10.5 Å². The van der Waals surface area contributed by atoms with Gasteiger partial charge in [0.15, 0.2) is 0 Å². The van der Waals surface area contributed by atoms with Crippen LogP contribution in [0, 0.1) is 10.1 Å². The Morgan fingerprint density at radius 2 is 1.90 bits per heavy atom. The molecule has 0 aliphatic carbocycles. The monoisotopic (exact) mass is 350 g/mol. The zero-order valence-corrected chi connectivity index (χ0v) is 12.4. The minimum Gasteiger partial charge on any atom is -0.488 e. The maximum Gasteiger partial charge on any atom is 0.270 e. The minimum absolute atomic E-state index is 0.0127. The van der Waals surface area contributed by atoms with E-state index in [1.54, 1.807) is 0 Å². The van der Waals surface area contributed by atoms with E-state index in [0.29, 0.717) is 0 Å². The predicted octanol–water partition coefficient (Wildman–Crippen LogP) is 3.04. The van der Waals surface area contributed by atoms with E-state index in [2.05, 4.69) is 15.9 Å². The smallest absolute Gasteiger partial charge is 0.270 e. The van der Waals surface area contributed by atoms with Gasteiger partial charge in [0.2, 0.25) is 0 Å². The van der Waals surface area contributed by atoms with Crippen LogP contribution in [0.5, 0.6) is 5.75 Å². The lowest BCUT2D eigenvalue weighted by molar-refractivity contribution is -0.384. The SMILES string of the molecule is NC(=O)c1cc([N+](=O)[O-])ccc1OCc1ccc(Br)cc1. The molecule has 0 saturated carbocycles. The molecule has 0 heterocycles. The number of hydrogen-bond acceptors (Lipinski definition) is 4. The van der Waals surface area contributed by atoms with E-state index in [4.69, 9.17) is 10.5 Å². The lowest BCUT2D eigenvalue weighted by atomic mass is 10.1. The third-order valence-electron chi connectivity index (χ3n) is 2.75. The number of nitrogens with two attached hydrogens (primary N) is 1. The van der Waals surface area contributed by atoms with Crippen LogP contribution in [0.2, 0.25) is 0 Å². The maximum absolute atomic E-state index is 11.4. The fourth-order valence-electron chi connectivity index (χ4n) is 1.69. The molecule has 0 bridgehead atoms. The van der Waals surface area contributed by atoms with Crippen LogP contribution in [0.25, 0.3) is 0 Å². The summed E-state index contributed by atoms with van der Waals surface area (Å²) in [5.74, 6) is -0.555. The highest BCUT2D eigenvalue weighted by Gasteiger charge is 2.15. The number of carbonyl (C=O) groups is 1. The Morgan fingerprint density at radius 1 is 1.24 bits per heavy atom. The number of halogens is 1. The summed E-state index contributed by atoms with van der Waals surface area (Å²) in [5.41, 5.74) is 5.90. The van der Waals surface area contributed by atoms with Crippen molar-refractivity contribution in [2.75, 3.05) is 0 Å². The van der Waals surface area contributed by atoms with Crippen LogP contribution in [0.15, 0.2) is 46.9 Å². The van der Waals surface area contributed by atoms with Crippen LogP contribution in [-0.4, -0.2) is 10.8 Å². The van der Waals surface area contributed by atoms with Crippen LogP contribution in [0.4, 0.5) is 5.69 Å². The highest BCUT2D eigenvalue weighted by Crippen LogP contribution is 2.25. The number of rotatable bonds is 5. The van der Waals surface area contributed by atoms with Crippen molar-refractivity contribution in [2.45, 2.75) is 6.61 Å². The topological polar surface area (TPSA) is 95.5 Å². The van der Waals surface area contributed by atoms with Gasteiger partial charge in [-0.1, -0.05) is 28.1 Å². The van der Waals surface area contributed by atoms with Crippen molar-refractivity contribution in [3.63, 3.8) is 0 Å². The first-order chi connectivity index (χ1) is 9.97. The van der Waals surface area contributed by atoms with Crippen molar-refractivity contribution in [3.8, 4) is 5.75 Å². The number of benzene rings is 2. The molecule has 1 amide bonds. The van der Waals surface area contributed by atoms with E-state index >= 15 is 0 Å². The van der Waals surface area contributed by atoms with Crippen LogP contribution in [0.1, 0.15) is 15.9 Å². The van der Waals surface area contributed by atoms with Crippen molar-refractivity contribution < 1.29 is 14.5 Å². The summed E-state index contributed by atoms with van der Waals surface area (Å²) < 4.78 is 6.46. The van der Waals surface area contributed by atoms with E-state index in [0.717, 1.165) is 16.1 Å². The third-order valence-corrected chi connectivity index (χ3v) is 3.28. The van der Waals surface area contributed by atoms with Crippen molar-refractivity contribution in [2.24, 2.45) is 5.73 Å². The number of carbonyl (C=O) groups excluding carboxylic acids is 1. The number of nitro groups is 1. The normalized spacial score (nSPS) is 10.1. The zero-order chi connectivity index (χ0) is 15.4. The number of ether oxygens (including phenoxy) is 1. The summed E-state index contributed by atoms with van der Waals surface area (Å²) in [6, 6.07) is 11.2. The van der Waals surface area contributed by atoms with Gasteiger partial charge >= 0.3 is 0 Å². The largest absolute Gasteiger partial charge is 0.488 e. The highest BCUT2D eigenvalue weighted by atomic mass is 79.9. The standard InChI is InChI=1S/C14H11BrN2O4/c15-10-3-1-9(2-4-10)8-21-13-6-5-11(17(19)20)7-12(13)14(16)18/h1-7H,8H2,(H2,16,18). The molecule has 0 aliphatic rings. The predicted molar refractivity (Wildman–Crippen MR) is 80.1 cm³/mol. The first-order valence-corrected chi connectivity index (χ1v) is 6.72. The average molecular weight is 351 g/mol. The van der Waals surface area contributed by atoms with Crippen molar-refractivity contribution in [3.05, 3.63) is 68.2 Å². The molecule has 0 radical (unpaired) electrons. The average Bonchev–Trinajstić information content (AvgIpc) is 2.46. The fraction of sp³-hybridized carbons (Fsp3) is 0.0714. The summed E-state index contributed by atoms with van der Waals surface area (Å²) in [5, 5.41) is 10.7. The highest BCUT2D eigenvalue weighted by molar-refractivity contribution is 9.10. The van der Waals surface area contributed by atoms with E-state index in [1.807, 2.05) is 24.3 Å². The first kappa shape index (κ1) is 15.0. The summed E-state index contributed by atoms with van der Waals surface area (Å²) in [7, 11) is 0. The second-order valence-electron chi connectivity index (χ2n) is 4.22. The van der Waals surface area contributed by atoms with E-state index < -0.39 is 10.8 Å². The van der Waals surface area contributed by atoms with Gasteiger partial charge in [0, 0.05) is 16.6 Å². The van der Waals surface area contributed by atoms with Gasteiger partial charge in [0.05, 0.1) is 10.5 Å². The Morgan fingerprint density at radius 3 is 2.48 bits per heavy atom. The Labute approximate surface area is 128 Å². The molecule has 2 rings (SSSR count). The van der Waals surface area contributed by atoms with Crippen molar-refractivity contribution in [1.82, 2.24) is 0 Å². The number of nitro benzene ring substituents is 1. The summed E-state index contributed by atoms with van der Waals surface area (Å²) in [6.07, 6.45) is 0. The van der Waals surface area contributed by atoms with Crippen LogP contribution >= 0.6 is 15.9 Å². The number of nitrogens with zero attached hydrogens (tertiary/aromatic N) is 1. The Kier molecular flexibility index (Phi) is 4.54. The second-order valence-corrected chi connectivity index (χ2v) is 5.13. The first-order valence-electron chi connectivity index (χ1n) is 5.93. The number of non-ortho nitro benzene ring substituents is 1. The minimum atomic E-state index is -0.774. The molecule has 2 aromatic rings. The maximum atomic E-state index is 11.4. The van der Waals surface area contributed by atoms with Crippen LogP contribution in [0.3, 0.4) is 0 Å². The molecule has 0 aromatic heterocycles. The number of primary amides is 1. The van der Waals surface area contributed by atoms with E-state index in [9.17, 15) is 14.9 Å². The quantitative estimate of drug-likeness (QED) is 0.662. The van der Waals surface area contributed by atoms with E-state index in [-0.39, 0.29) is 23.6 Å². The van der Waals surface area contributed by atoms with Gasteiger partial charge in [0.1, 0.15) is 12.4 Å². The summed E-state index contributed by atoms with van der Waals surface area (Å²) in [4.78, 5) is 21.5.